The molecule has 1 aliphatic rings. The number of furan rings is 1. The molecule has 0 fully saturated rings. The van der Waals surface area contributed by atoms with Crippen molar-refractivity contribution in [3.8, 4) is 0 Å². The molecule has 4 aromatic rings. The van der Waals surface area contributed by atoms with E-state index >= 15 is 0 Å². The van der Waals surface area contributed by atoms with Crippen LogP contribution in [0.5, 0.6) is 0 Å². The molecule has 2 heterocycles. The summed E-state index contributed by atoms with van der Waals surface area (Å²) in [5, 5.41) is 13.3. The summed E-state index contributed by atoms with van der Waals surface area (Å²) in [5.41, 5.74) is 4.20. The molecule has 0 saturated carbocycles. The summed E-state index contributed by atoms with van der Waals surface area (Å²) in [6.07, 6.45) is 4.84. The van der Waals surface area contributed by atoms with E-state index in [2.05, 4.69) is 5.32 Å². The Morgan fingerprint density at radius 3 is 2.63 bits per heavy atom. The zero-order valence-electron chi connectivity index (χ0n) is 22.4. The molecule has 214 valence electrons. The van der Waals surface area contributed by atoms with Gasteiger partial charge in [0.05, 0.1) is 21.9 Å². The van der Waals surface area contributed by atoms with Crippen molar-refractivity contribution in [2.45, 2.75) is 30.3 Å². The Labute approximate surface area is 249 Å². The largest absolute Gasteiger partial charge is 0.480 e. The van der Waals surface area contributed by atoms with Gasteiger partial charge < -0.3 is 19.7 Å². The molecule has 0 spiro atoms. The Kier molecular flexibility index (Phi) is 9.99. The van der Waals surface area contributed by atoms with Crippen molar-refractivity contribution in [1.29, 1.82) is 0 Å². The molecular weight excluding hydrogens is 587 g/mol. The summed E-state index contributed by atoms with van der Waals surface area (Å²) in [6.45, 7) is 0.935. The number of carbonyl (C=O) groups excluding carboxylic acids is 2. The van der Waals surface area contributed by atoms with Gasteiger partial charge in [-0.2, -0.15) is 0 Å². The average molecular weight is 616 g/mol. The maximum absolute atomic E-state index is 12.8. The highest BCUT2D eigenvalue weighted by Crippen LogP contribution is 2.34. The molecular formula is C30H28Cl2N2O6S. The molecule has 2 unspecified atom stereocenters. The second kappa shape index (κ2) is 13.4. The zero-order valence-corrected chi connectivity index (χ0v) is 24.7. The van der Waals surface area contributed by atoms with Crippen LogP contribution in [0.3, 0.4) is 0 Å². The lowest BCUT2D eigenvalue weighted by atomic mass is 9.96. The Hall–Kier alpha value is -3.50. The van der Waals surface area contributed by atoms with Gasteiger partial charge in [0.15, 0.2) is 6.29 Å². The van der Waals surface area contributed by atoms with Crippen molar-refractivity contribution in [3.63, 3.8) is 0 Å². The number of fused-ring (bicyclic) bond motifs is 2. The van der Waals surface area contributed by atoms with Crippen LogP contribution in [-0.2, 0) is 35.0 Å². The second-order valence-corrected chi connectivity index (χ2v) is 11.6. The predicted molar refractivity (Wildman–Crippen MR) is 159 cm³/mol. The number of aliphatic carboxylic acids is 1. The first-order valence-corrected chi connectivity index (χ1v) is 15.0. The van der Waals surface area contributed by atoms with Crippen molar-refractivity contribution in [2.24, 2.45) is 0 Å². The van der Waals surface area contributed by atoms with Crippen LogP contribution in [0.4, 0.5) is 0 Å². The second-order valence-electron chi connectivity index (χ2n) is 9.48. The van der Waals surface area contributed by atoms with E-state index < -0.39 is 22.8 Å². The molecule has 0 bridgehead atoms. The number of nitrogens with zero attached hydrogens (tertiary/aromatic N) is 1. The van der Waals surface area contributed by atoms with E-state index in [0.29, 0.717) is 59.0 Å². The molecule has 1 aromatic heterocycles. The zero-order chi connectivity index (χ0) is 29.7. The van der Waals surface area contributed by atoms with Crippen LogP contribution < -0.4 is 5.32 Å². The quantitative estimate of drug-likeness (QED) is 0.268. The fraction of sp³-hybridized carbons (Fsp3) is 0.233. The van der Waals surface area contributed by atoms with Gasteiger partial charge in [-0.1, -0.05) is 41.4 Å². The van der Waals surface area contributed by atoms with E-state index in [9.17, 15) is 18.6 Å². The third kappa shape index (κ3) is 7.05. The van der Waals surface area contributed by atoms with Crippen LogP contribution in [0.2, 0.25) is 10.0 Å². The monoisotopic (exact) mass is 614 g/mol. The normalized spacial score (nSPS) is 14.0. The van der Waals surface area contributed by atoms with Crippen LogP contribution in [0.1, 0.15) is 37.4 Å². The van der Waals surface area contributed by atoms with Crippen molar-refractivity contribution >= 4 is 63.1 Å². The number of carbonyl (C=O) groups is 3. The van der Waals surface area contributed by atoms with E-state index in [1.165, 1.54) is 0 Å². The molecule has 1 aliphatic heterocycles. The summed E-state index contributed by atoms with van der Waals surface area (Å²) in [5.74, 6) is -0.957. The number of carboxylic acid groups (broad SMARTS) is 1. The number of aldehydes is 1. The van der Waals surface area contributed by atoms with Crippen LogP contribution in [0.25, 0.3) is 11.0 Å². The van der Waals surface area contributed by atoms with Gasteiger partial charge in [0, 0.05) is 46.0 Å². The van der Waals surface area contributed by atoms with Crippen molar-refractivity contribution < 1.29 is 28.1 Å². The van der Waals surface area contributed by atoms with Crippen LogP contribution >= 0.6 is 23.2 Å². The fourth-order valence-corrected chi connectivity index (χ4v) is 5.89. The molecule has 5 rings (SSSR count). The number of carboxylic acids is 1. The van der Waals surface area contributed by atoms with E-state index in [-0.39, 0.29) is 5.91 Å². The Bertz CT molecular complexity index is 1640. The van der Waals surface area contributed by atoms with Crippen molar-refractivity contribution in [3.05, 3.63) is 98.7 Å². The van der Waals surface area contributed by atoms with Crippen LogP contribution in [0.15, 0.2) is 70.2 Å². The minimum Gasteiger partial charge on any atom is -0.480 e. The number of hydrogen-bond donors (Lipinski definition) is 2. The summed E-state index contributed by atoms with van der Waals surface area (Å²) >= 11 is 12.4. The Balaban J connectivity index is 0.000000210. The summed E-state index contributed by atoms with van der Waals surface area (Å²) in [6, 6.07) is 15.6. The summed E-state index contributed by atoms with van der Waals surface area (Å²) in [4.78, 5) is 37.3. The third-order valence-electron chi connectivity index (χ3n) is 6.87. The number of rotatable bonds is 7. The molecule has 0 radical (unpaired) electrons. The molecule has 11 heteroatoms. The SMILES string of the molecule is CNC(Cc1cccc(S(C)=O)c1)C(=O)O.O=Cc1c(Cl)cc2c(c1Cl)CCN(C(=O)c1ccc3ccoc3c1)C2. The topological polar surface area (TPSA) is 117 Å². The highest BCUT2D eigenvalue weighted by atomic mass is 35.5. The highest BCUT2D eigenvalue weighted by molar-refractivity contribution is 7.84. The first-order chi connectivity index (χ1) is 19.6. The molecule has 2 N–H and O–H groups in total. The van der Waals surface area contributed by atoms with Gasteiger partial charge in [0.1, 0.15) is 11.6 Å². The number of likely N-dealkylation sites (N-methyl/N-ethyl adjacent to an activating group) is 1. The average Bonchev–Trinajstić information content (AvgIpc) is 3.44. The van der Waals surface area contributed by atoms with Gasteiger partial charge in [-0.25, -0.2) is 0 Å². The minimum absolute atomic E-state index is 0.0735. The van der Waals surface area contributed by atoms with Gasteiger partial charge >= 0.3 is 5.97 Å². The van der Waals surface area contributed by atoms with E-state index in [1.54, 1.807) is 60.9 Å². The Morgan fingerprint density at radius 2 is 1.95 bits per heavy atom. The molecule has 1 amide bonds. The van der Waals surface area contributed by atoms with E-state index in [4.69, 9.17) is 32.7 Å². The maximum Gasteiger partial charge on any atom is 0.321 e. The predicted octanol–water partition coefficient (Wildman–Crippen LogP) is 5.39. The van der Waals surface area contributed by atoms with Gasteiger partial charge in [-0.15, -0.1) is 0 Å². The number of amides is 1. The number of nitrogens with one attached hydrogen (secondary N) is 1. The number of hydrogen-bond acceptors (Lipinski definition) is 6. The van der Waals surface area contributed by atoms with Crippen molar-refractivity contribution in [2.75, 3.05) is 19.8 Å². The smallest absolute Gasteiger partial charge is 0.321 e. The first kappa shape index (κ1) is 30.5. The lowest BCUT2D eigenvalue weighted by Gasteiger charge is -2.30. The van der Waals surface area contributed by atoms with Gasteiger partial charge in [0.25, 0.3) is 5.91 Å². The van der Waals surface area contributed by atoms with Crippen molar-refractivity contribution in [1.82, 2.24) is 10.2 Å². The molecule has 3 aromatic carbocycles. The van der Waals surface area contributed by atoms with Gasteiger partial charge in [0.2, 0.25) is 0 Å². The summed E-state index contributed by atoms with van der Waals surface area (Å²) in [7, 11) is 0.577. The first-order valence-electron chi connectivity index (χ1n) is 12.7. The summed E-state index contributed by atoms with van der Waals surface area (Å²) < 4.78 is 16.6. The third-order valence-corrected chi connectivity index (χ3v) is 8.53. The van der Waals surface area contributed by atoms with Gasteiger partial charge in [-0.3, -0.25) is 18.6 Å². The standard InChI is InChI=1S/C19H13Cl2NO3.C11H15NO3S/c20-16-7-13-9-22(5-3-14(13)18(21)15(16)10-23)19(24)12-2-1-11-4-6-25-17(11)8-12;1-12-10(11(13)14)7-8-4-3-5-9(6-8)16(2)15/h1-2,4,6-8,10H,3,5,9H2;3-6,10,12H,7H2,1-2H3,(H,13,14). The lowest BCUT2D eigenvalue weighted by molar-refractivity contribution is -0.139. The molecule has 0 aliphatic carbocycles. The number of halogens is 2. The van der Waals surface area contributed by atoms with E-state index in [1.807, 2.05) is 18.2 Å². The minimum atomic E-state index is -1.03. The number of benzene rings is 3. The maximum atomic E-state index is 12.8. The molecule has 8 nitrogen and oxygen atoms in total. The molecule has 0 saturated heterocycles. The Morgan fingerprint density at radius 1 is 1.17 bits per heavy atom. The van der Waals surface area contributed by atoms with Gasteiger partial charge in [-0.05, 0) is 73.0 Å². The fourth-order valence-electron chi connectivity index (χ4n) is 4.62. The highest BCUT2D eigenvalue weighted by Gasteiger charge is 2.26. The molecule has 41 heavy (non-hydrogen) atoms. The van der Waals surface area contributed by atoms with Crippen LogP contribution in [-0.4, -0.2) is 58.3 Å². The molecule has 2 atom stereocenters. The van der Waals surface area contributed by atoms with E-state index in [0.717, 1.165) is 27.0 Å². The lowest BCUT2D eigenvalue weighted by Crippen LogP contribution is -2.36. The van der Waals surface area contributed by atoms with Crippen LogP contribution in [0, 0.1) is 0 Å².